The molecule has 0 atom stereocenters. The lowest BCUT2D eigenvalue weighted by atomic mass is 9.42. The van der Waals surface area contributed by atoms with Gasteiger partial charge in [0.1, 0.15) is 0 Å². The van der Waals surface area contributed by atoms with Crippen molar-refractivity contribution in [1.82, 2.24) is 0 Å². The molecule has 0 radical (unpaired) electrons. The van der Waals surface area contributed by atoms with E-state index in [0.717, 1.165) is 6.42 Å². The molecule has 13 rings (SSSR count). The van der Waals surface area contributed by atoms with E-state index in [1.165, 1.54) is 129 Å². The second kappa shape index (κ2) is 15.1. The third-order valence-electron chi connectivity index (χ3n) is 16.6. The number of hydrogen-bond donors (Lipinski definition) is 0. The molecule has 2 nitrogen and oxygen atoms in total. The number of nitrogens with zero attached hydrogens (tertiary/aromatic N) is 2. The van der Waals surface area contributed by atoms with E-state index in [1.807, 2.05) is 0 Å². The predicted octanol–water partition coefficient (Wildman–Crippen LogP) is 16.4. The summed E-state index contributed by atoms with van der Waals surface area (Å²) in [7, 11) is 0. The van der Waals surface area contributed by atoms with E-state index in [9.17, 15) is 0 Å². The highest BCUT2D eigenvalue weighted by Gasteiger charge is 2.50. The van der Waals surface area contributed by atoms with E-state index < -0.39 is 0 Å². The molecule has 0 bridgehead atoms. The molecule has 0 amide bonds. The first-order valence-corrected chi connectivity index (χ1v) is 25.0. The smallest absolute Gasteiger partial charge is 0.333 e. The van der Waals surface area contributed by atoms with Gasteiger partial charge in [-0.3, -0.25) is 0 Å². The molecule has 2 aliphatic heterocycles. The first-order chi connectivity index (χ1) is 33.4. The van der Waals surface area contributed by atoms with Gasteiger partial charge in [-0.25, -0.2) is 0 Å². The van der Waals surface area contributed by atoms with Gasteiger partial charge in [-0.1, -0.05) is 199 Å². The summed E-state index contributed by atoms with van der Waals surface area (Å²) in [5.41, 5.74) is 28.4. The van der Waals surface area contributed by atoms with Crippen molar-refractivity contribution in [2.24, 2.45) is 0 Å². The fraction of sp³-hybridized carbons (Fsp3) is 0.182. The summed E-state index contributed by atoms with van der Waals surface area (Å²) < 4.78 is 0. The molecular weight excluding hydrogens is 832 g/mol. The zero-order valence-electron chi connectivity index (χ0n) is 40.9. The summed E-state index contributed by atoms with van der Waals surface area (Å²) in [5.74, 6) is 0. The molecule has 0 saturated heterocycles. The van der Waals surface area contributed by atoms with Crippen LogP contribution in [0.25, 0.3) is 55.6 Å². The summed E-state index contributed by atoms with van der Waals surface area (Å²) in [5, 5.41) is 0. The van der Waals surface area contributed by atoms with Crippen molar-refractivity contribution >= 4 is 46.2 Å². The maximum absolute atomic E-state index is 2.71. The molecular formula is C66H57BN2. The van der Waals surface area contributed by atoms with Crippen LogP contribution in [0.4, 0.5) is 28.4 Å². The van der Waals surface area contributed by atoms with Crippen LogP contribution >= 0.6 is 0 Å². The van der Waals surface area contributed by atoms with Crippen LogP contribution < -0.4 is 20.6 Å². The minimum absolute atomic E-state index is 0.0436. The van der Waals surface area contributed by atoms with Gasteiger partial charge in [0.05, 0.1) is 0 Å². The zero-order valence-corrected chi connectivity index (χ0v) is 40.9. The van der Waals surface area contributed by atoms with E-state index >= 15 is 0 Å². The monoisotopic (exact) mass is 888 g/mol. The van der Waals surface area contributed by atoms with Gasteiger partial charge in [-0.05, 0) is 156 Å². The second-order valence-corrected chi connectivity index (χ2v) is 22.0. The van der Waals surface area contributed by atoms with Gasteiger partial charge in [-0.15, -0.1) is 0 Å². The first-order valence-electron chi connectivity index (χ1n) is 25.0. The zero-order chi connectivity index (χ0) is 47.0. The fourth-order valence-corrected chi connectivity index (χ4v) is 12.9. The number of aryl methyl sites for hydroxylation is 1. The summed E-state index contributed by atoms with van der Waals surface area (Å²) in [6.07, 6.45) is 2.34. The summed E-state index contributed by atoms with van der Waals surface area (Å²) in [6, 6.07) is 73.7. The lowest BCUT2D eigenvalue weighted by molar-refractivity contribution is 0.332. The Kier molecular flexibility index (Phi) is 9.13. The van der Waals surface area contributed by atoms with Crippen LogP contribution in [0.3, 0.4) is 0 Å². The van der Waals surface area contributed by atoms with Crippen LogP contribution in [0.5, 0.6) is 0 Å². The van der Waals surface area contributed by atoms with E-state index in [4.69, 9.17) is 0 Å². The second-order valence-electron chi connectivity index (χ2n) is 22.0. The standard InChI is InChI=1S/C66H57BN2/c1-42-36-54-55(65(4,5)35-34-64(54,2)3)41-58(42)68-57-33-31-47(44-22-13-9-14-23-44)38-56(57)67-63-60(68)40-52-50-28-17-18-29-53(50)66(6,7)62(52)61(63)51-32-30-48(45-24-15-10-16-25-45)39-59(51)69(67)49-27-19-26-46(37-49)43-20-11-8-12-21-43/h8-33,36-41H,34-35H2,1-7H3. The maximum atomic E-state index is 2.71. The highest BCUT2D eigenvalue weighted by atomic mass is 15.2. The minimum Gasteiger partial charge on any atom is -0.376 e. The Morgan fingerprint density at radius 2 is 0.971 bits per heavy atom. The predicted molar refractivity (Wildman–Crippen MR) is 294 cm³/mol. The van der Waals surface area contributed by atoms with Crippen LogP contribution in [0, 0.1) is 6.92 Å². The van der Waals surface area contributed by atoms with Gasteiger partial charge in [0, 0.05) is 39.4 Å². The molecule has 3 heteroatoms. The lowest BCUT2D eigenvalue weighted by Gasteiger charge is -2.48. The molecule has 0 fully saturated rings. The van der Waals surface area contributed by atoms with Crippen LogP contribution in [-0.2, 0) is 16.2 Å². The molecule has 0 saturated carbocycles. The topological polar surface area (TPSA) is 6.48 Å². The Morgan fingerprint density at radius 3 is 1.64 bits per heavy atom. The highest BCUT2D eigenvalue weighted by molar-refractivity contribution is 6.93. The quantitative estimate of drug-likeness (QED) is 0.159. The van der Waals surface area contributed by atoms with Crippen molar-refractivity contribution in [3.8, 4) is 55.6 Å². The molecule has 69 heavy (non-hydrogen) atoms. The van der Waals surface area contributed by atoms with E-state index in [1.54, 1.807) is 0 Å². The van der Waals surface area contributed by atoms with Gasteiger partial charge in [-0.2, -0.15) is 0 Å². The van der Waals surface area contributed by atoms with Gasteiger partial charge in [0.25, 0.3) is 0 Å². The van der Waals surface area contributed by atoms with Crippen LogP contribution in [0.2, 0.25) is 0 Å². The summed E-state index contributed by atoms with van der Waals surface area (Å²) >= 11 is 0. The molecule has 0 unspecified atom stereocenters. The lowest BCUT2D eigenvalue weighted by Crippen LogP contribution is -2.62. The van der Waals surface area contributed by atoms with Gasteiger partial charge in [0.2, 0.25) is 0 Å². The summed E-state index contributed by atoms with van der Waals surface area (Å²) in [6.45, 7) is 16.9. The van der Waals surface area contributed by atoms with Crippen molar-refractivity contribution in [1.29, 1.82) is 0 Å². The van der Waals surface area contributed by atoms with Crippen LogP contribution in [0.1, 0.15) is 82.2 Å². The molecule has 9 aromatic carbocycles. The van der Waals surface area contributed by atoms with Crippen LogP contribution in [-0.4, -0.2) is 6.85 Å². The average molecular weight is 889 g/mol. The normalized spacial score (nSPS) is 16.2. The number of rotatable bonds is 5. The SMILES string of the molecule is Cc1cc2c(cc1N1c3ccc(-c4ccccc4)cc3B3c4c1cc1c(c4-c4ccc(-c5ccccc5)cc4N3c3cccc(-c4ccccc4)c3)C(C)(C)c3ccccc3-1)C(C)(C)CCC2(C)C. The molecule has 334 valence electrons. The van der Waals surface area contributed by atoms with Crippen molar-refractivity contribution in [2.45, 2.75) is 77.6 Å². The Labute approximate surface area is 409 Å². The Morgan fingerprint density at radius 1 is 0.406 bits per heavy atom. The van der Waals surface area contributed by atoms with E-state index in [-0.39, 0.29) is 23.1 Å². The number of hydrogen-bond acceptors (Lipinski definition) is 2. The average Bonchev–Trinajstić information content (AvgIpc) is 3.61. The molecule has 4 aliphatic rings. The van der Waals surface area contributed by atoms with Crippen molar-refractivity contribution < 1.29 is 0 Å². The van der Waals surface area contributed by atoms with E-state index in [2.05, 4.69) is 252 Å². The minimum atomic E-state index is -0.250. The summed E-state index contributed by atoms with van der Waals surface area (Å²) in [4.78, 5) is 5.39. The van der Waals surface area contributed by atoms with Crippen molar-refractivity contribution in [2.75, 3.05) is 9.71 Å². The molecule has 2 aliphatic carbocycles. The third kappa shape index (κ3) is 6.25. The molecule has 9 aromatic rings. The van der Waals surface area contributed by atoms with Crippen molar-refractivity contribution in [3.63, 3.8) is 0 Å². The molecule has 0 aromatic heterocycles. The number of benzene rings is 9. The van der Waals surface area contributed by atoms with Gasteiger partial charge in [0.15, 0.2) is 0 Å². The Balaban J connectivity index is 1.19. The molecule has 0 spiro atoms. The fourth-order valence-electron chi connectivity index (χ4n) is 12.9. The maximum Gasteiger partial charge on any atom is 0.333 e. The first kappa shape index (κ1) is 41.8. The largest absolute Gasteiger partial charge is 0.376 e. The Hall–Kier alpha value is -7.36. The Bertz CT molecular complexity index is 3550. The van der Waals surface area contributed by atoms with Gasteiger partial charge < -0.3 is 9.71 Å². The van der Waals surface area contributed by atoms with Gasteiger partial charge >= 0.3 is 6.85 Å². The van der Waals surface area contributed by atoms with Crippen LogP contribution in [0.15, 0.2) is 194 Å². The number of fused-ring (bicyclic) bond motifs is 9. The molecule has 2 heterocycles. The van der Waals surface area contributed by atoms with Crippen molar-refractivity contribution in [3.05, 3.63) is 222 Å². The third-order valence-corrected chi connectivity index (χ3v) is 16.6. The van der Waals surface area contributed by atoms with E-state index in [0.29, 0.717) is 0 Å². The number of anilines is 5. The highest BCUT2D eigenvalue weighted by Crippen LogP contribution is 2.59. The molecule has 0 N–H and O–H groups in total.